The fraction of sp³-hybridized carbons (Fsp3) is 0.100. The summed E-state index contributed by atoms with van der Waals surface area (Å²) in [6, 6.07) is 29.3. The molecule has 0 radical (unpaired) electrons. The van der Waals surface area contributed by atoms with Gasteiger partial charge in [-0.05, 0) is 0 Å². The smallest absolute Gasteiger partial charge is 0.0809 e. The Kier molecular flexibility index (Phi) is 12.8. The van der Waals surface area contributed by atoms with Crippen molar-refractivity contribution in [2.75, 3.05) is 0 Å². The molecule has 0 spiro atoms. The van der Waals surface area contributed by atoms with E-state index >= 15 is 0 Å². The van der Waals surface area contributed by atoms with Gasteiger partial charge in [-0.25, -0.2) is 0 Å². The molecule has 0 atom stereocenters. The number of fused-ring (bicyclic) bond motifs is 2. The maximum atomic E-state index is 2.37. The molecule has 0 bridgehead atoms. The Hall–Kier alpha value is -0.334. The van der Waals surface area contributed by atoms with Gasteiger partial charge in [0.15, 0.2) is 0 Å². The van der Waals surface area contributed by atoms with E-state index in [1.54, 1.807) is 21.6 Å². The van der Waals surface area contributed by atoms with Crippen LogP contribution >= 0.6 is 24.8 Å². The van der Waals surface area contributed by atoms with Gasteiger partial charge in [0.05, 0.1) is 0 Å². The van der Waals surface area contributed by atoms with Gasteiger partial charge >= 0.3 is 43.1 Å². The fourth-order valence-corrected chi connectivity index (χ4v) is 2.14. The molecule has 0 saturated heterocycles. The summed E-state index contributed by atoms with van der Waals surface area (Å²) in [4.78, 5) is 0. The van der Waals surface area contributed by atoms with Crippen LogP contribution in [0.1, 0.15) is 0 Å². The maximum Gasteiger partial charge on any atom is -0.0809 e. The van der Waals surface area contributed by atoms with E-state index in [1.165, 1.54) is 21.5 Å². The first-order chi connectivity index (χ1) is 10.7. The molecule has 0 unspecified atom stereocenters. The topological polar surface area (TPSA) is 0 Å². The van der Waals surface area contributed by atoms with Crippen LogP contribution in [0.4, 0.5) is 0 Å². The summed E-state index contributed by atoms with van der Waals surface area (Å²) in [5.74, 6) is 4.75. The zero-order valence-corrected chi connectivity index (χ0v) is 20.1. The Labute approximate surface area is 173 Å². The maximum absolute atomic E-state index is 2.37. The molecule has 0 aliphatic heterocycles. The minimum Gasteiger partial charge on any atom is -0.168 e. The Bertz CT molecular complexity index is 718. The van der Waals surface area contributed by atoms with Gasteiger partial charge in [0.25, 0.3) is 0 Å². The van der Waals surface area contributed by atoms with Crippen molar-refractivity contribution < 1.29 is 21.6 Å². The normalized spacial score (nSPS) is 8.83. The predicted octanol–water partition coefficient (Wildman–Crippen LogP) is 6.75. The number of rotatable bonds is 0. The predicted molar refractivity (Wildman–Crippen MR) is 111 cm³/mol. The van der Waals surface area contributed by atoms with Gasteiger partial charge in [-0.3, -0.25) is 0 Å². The van der Waals surface area contributed by atoms with Gasteiger partial charge < -0.3 is 0 Å². The van der Waals surface area contributed by atoms with Gasteiger partial charge in [0.1, 0.15) is 0 Å². The quantitative estimate of drug-likeness (QED) is 0.187. The van der Waals surface area contributed by atoms with Gasteiger partial charge in [0, 0.05) is 0 Å². The second-order valence-electron chi connectivity index (χ2n) is 5.31. The van der Waals surface area contributed by atoms with Crippen LogP contribution in [0, 0.1) is 0 Å². The van der Waals surface area contributed by atoms with E-state index in [-0.39, 0.29) is 34.8 Å². The fourth-order valence-electron chi connectivity index (χ4n) is 2.14. The van der Waals surface area contributed by atoms with E-state index in [4.69, 9.17) is 0 Å². The van der Waals surface area contributed by atoms with Crippen molar-refractivity contribution in [3.63, 3.8) is 0 Å². The molecule has 0 aromatic heterocycles. The first kappa shape index (κ1) is 23.7. The second kappa shape index (κ2) is 12.9. The molecule has 0 nitrogen and oxygen atoms in total. The van der Waals surface area contributed by atoms with E-state index in [9.17, 15) is 0 Å². The Morgan fingerprint density at radius 3 is 1.33 bits per heavy atom. The van der Waals surface area contributed by atoms with Gasteiger partial charge in [-0.15, -0.1) is 84.1 Å². The molecular formula is C20H22Cl2GeZr. The van der Waals surface area contributed by atoms with E-state index in [1.807, 2.05) is 0 Å². The van der Waals surface area contributed by atoms with Crippen LogP contribution < -0.4 is 0 Å². The van der Waals surface area contributed by atoms with Gasteiger partial charge in [0.2, 0.25) is 0 Å². The summed E-state index contributed by atoms with van der Waals surface area (Å²) in [5.41, 5.74) is 0. The van der Waals surface area contributed by atoms with Gasteiger partial charge in [-0.2, -0.15) is 35.0 Å². The van der Waals surface area contributed by atoms with Crippen LogP contribution in [0.3, 0.4) is 0 Å². The monoisotopic (exact) mass is 496 g/mol. The number of hydrogen-bond acceptors (Lipinski definition) is 0. The second-order valence-corrected chi connectivity index (χ2v) is 22.3. The van der Waals surface area contributed by atoms with Crippen molar-refractivity contribution in [2.45, 2.75) is 11.5 Å². The molecule has 24 heavy (non-hydrogen) atoms. The molecule has 4 heteroatoms. The average Bonchev–Trinajstić information content (AvgIpc) is 3.16. The molecule has 4 aromatic rings. The summed E-state index contributed by atoms with van der Waals surface area (Å²) in [5, 5.41) is 5.32. The Morgan fingerprint density at radius 2 is 1.00 bits per heavy atom. The zero-order valence-electron chi connectivity index (χ0n) is 13.9. The number of benzene rings is 2. The van der Waals surface area contributed by atoms with Crippen LogP contribution in [-0.4, -0.2) is 9.98 Å². The third-order valence-electron chi connectivity index (χ3n) is 3.10. The van der Waals surface area contributed by atoms with Crippen LogP contribution in [-0.2, 0) is 21.6 Å². The molecule has 0 heterocycles. The third-order valence-corrected chi connectivity index (χ3v) is 3.10. The Balaban J connectivity index is 0.000000341. The van der Waals surface area contributed by atoms with Crippen molar-refractivity contribution >= 4 is 56.3 Å². The van der Waals surface area contributed by atoms with Crippen molar-refractivity contribution in [2.24, 2.45) is 0 Å². The van der Waals surface area contributed by atoms with Crippen molar-refractivity contribution in [3.8, 4) is 0 Å². The summed E-state index contributed by atoms with van der Waals surface area (Å²) in [7, 11) is -0.243. The van der Waals surface area contributed by atoms with E-state index in [2.05, 4.69) is 96.4 Å². The van der Waals surface area contributed by atoms with E-state index < -0.39 is 0 Å². The molecule has 0 aliphatic rings. The first-order valence-corrected chi connectivity index (χ1v) is 19.0. The largest absolute Gasteiger partial charge is 0.168 e. The SMILES string of the molecule is Cl.Cl.[CH3][Ge]([CH3])=[Zr+2].c1ccc2[cH-]ccc2c1.c1ccc2[cH-]ccc2c1. The van der Waals surface area contributed by atoms with Crippen molar-refractivity contribution in [1.82, 2.24) is 0 Å². The molecule has 0 amide bonds. The van der Waals surface area contributed by atoms with Crippen LogP contribution in [0.25, 0.3) is 21.5 Å². The molecule has 4 aromatic carbocycles. The molecule has 4 rings (SSSR count). The minimum atomic E-state index is -0.243. The summed E-state index contributed by atoms with van der Waals surface area (Å²) in [6.45, 7) is 0. The number of halogens is 2. The first-order valence-electron chi connectivity index (χ1n) is 7.39. The number of hydrogen-bond donors (Lipinski definition) is 0. The summed E-state index contributed by atoms with van der Waals surface area (Å²) in [6.07, 6.45) is 0. The third kappa shape index (κ3) is 8.16. The standard InChI is InChI=1S/2C9H7.C2H6Ge.2ClH.Zr/c2*1-2-5-9-7-3-6-8(9)4-1;1-3-2;;;/h2*1-7H;1-2H3;2*1H;/q2*-1;;;;+2. The van der Waals surface area contributed by atoms with Crippen molar-refractivity contribution in [3.05, 3.63) is 84.9 Å². The Morgan fingerprint density at radius 1 is 0.667 bits per heavy atom. The zero-order chi connectivity index (χ0) is 15.8. The molecule has 0 fully saturated rings. The van der Waals surface area contributed by atoms with E-state index in [0.29, 0.717) is 0 Å². The average molecular weight is 497 g/mol. The van der Waals surface area contributed by atoms with Crippen molar-refractivity contribution in [1.29, 1.82) is 0 Å². The van der Waals surface area contributed by atoms with Crippen LogP contribution in [0.5, 0.6) is 0 Å². The van der Waals surface area contributed by atoms with Gasteiger partial charge in [-0.1, -0.05) is 12.1 Å². The van der Waals surface area contributed by atoms with Crippen LogP contribution in [0.15, 0.2) is 84.9 Å². The summed E-state index contributed by atoms with van der Waals surface area (Å²) < 4.78 is 0. The van der Waals surface area contributed by atoms with E-state index in [0.717, 1.165) is 0 Å². The molecule has 124 valence electrons. The summed E-state index contributed by atoms with van der Waals surface area (Å²) >= 11 is 1.80. The molecule has 0 N–H and O–H groups in total. The molecule has 0 saturated carbocycles. The van der Waals surface area contributed by atoms with Crippen LogP contribution in [0.2, 0.25) is 11.5 Å². The molecular weight excluding hydrogens is 475 g/mol. The minimum absolute atomic E-state index is 0. The molecule has 0 aliphatic carbocycles.